The molecule has 0 saturated heterocycles. The summed E-state index contributed by atoms with van der Waals surface area (Å²) in [5.41, 5.74) is -5.62. The first-order valence-electron chi connectivity index (χ1n) is 25.2. The molecule has 0 N–H and O–H groups in total. The van der Waals surface area contributed by atoms with Crippen LogP contribution in [0.25, 0.3) is 0 Å². The van der Waals surface area contributed by atoms with Crippen molar-refractivity contribution >= 4 is 47.8 Å². The van der Waals surface area contributed by atoms with E-state index in [0.717, 1.165) is 20.8 Å². The Labute approximate surface area is 499 Å². The second-order valence-corrected chi connectivity index (χ2v) is 18.7. The molecule has 0 radical (unpaired) electrons. The van der Waals surface area contributed by atoms with Crippen LogP contribution in [0.1, 0.15) is 106 Å². The predicted molar refractivity (Wildman–Crippen MR) is 265 cm³/mol. The molecule has 0 heterocycles. The van der Waals surface area contributed by atoms with Gasteiger partial charge in [-0.1, -0.05) is 54.0 Å². The fourth-order valence-electron chi connectivity index (χ4n) is 5.18. The van der Waals surface area contributed by atoms with E-state index >= 15 is 0 Å². The van der Waals surface area contributed by atoms with Gasteiger partial charge in [0.15, 0.2) is 54.8 Å². The van der Waals surface area contributed by atoms with Gasteiger partial charge in [0, 0.05) is 22.3 Å². The highest BCUT2D eigenvalue weighted by Gasteiger charge is 2.54. The summed E-state index contributed by atoms with van der Waals surface area (Å²) < 4.78 is 305. The van der Waals surface area contributed by atoms with Crippen LogP contribution in [0.15, 0.2) is 48.6 Å². The van der Waals surface area contributed by atoms with Gasteiger partial charge in [-0.2, -0.15) is 65.9 Å². The summed E-state index contributed by atoms with van der Waals surface area (Å²) in [4.78, 5) is 89.5. The van der Waals surface area contributed by atoms with Gasteiger partial charge in [-0.05, 0) is 73.1 Å². The van der Waals surface area contributed by atoms with E-state index in [1.54, 1.807) is 0 Å². The molecular weight excluding hydrogens is 1290 g/mol. The van der Waals surface area contributed by atoms with Crippen molar-refractivity contribution in [2.45, 2.75) is 168 Å². The zero-order chi connectivity index (χ0) is 71.6. The summed E-state index contributed by atoms with van der Waals surface area (Å²) in [5.74, 6) is -38.5. The highest BCUT2D eigenvalue weighted by molar-refractivity contribution is 5.90. The van der Waals surface area contributed by atoms with E-state index in [4.69, 9.17) is 0 Å². The topological polar surface area (TPSA) is 210 Å². The maximum Gasteiger partial charge on any atom is 0.422 e. The van der Waals surface area contributed by atoms with Crippen LogP contribution in [-0.4, -0.2) is 134 Å². The molecule has 5 unspecified atom stereocenters. The van der Waals surface area contributed by atoms with Gasteiger partial charge in [0.2, 0.25) is 11.5 Å². The van der Waals surface area contributed by atoms with E-state index in [0.29, 0.717) is 6.92 Å². The second-order valence-electron chi connectivity index (χ2n) is 18.7. The average Bonchev–Trinajstić information content (AvgIpc) is 0.885. The minimum absolute atomic E-state index is 0.0404. The number of alkyl halides is 16. The fraction of sp³-hybridized carbons (Fsp3) is 0.585. The van der Waals surface area contributed by atoms with E-state index in [1.807, 2.05) is 0 Å². The normalized spacial score (nSPS) is 13.7. The molecule has 5 atom stereocenters. The van der Waals surface area contributed by atoms with Crippen LogP contribution < -0.4 is 0 Å². The van der Waals surface area contributed by atoms with Crippen molar-refractivity contribution in [1.29, 1.82) is 0 Å². The van der Waals surface area contributed by atoms with E-state index in [2.05, 4.69) is 64.2 Å². The van der Waals surface area contributed by atoms with Crippen LogP contribution in [0.2, 0.25) is 0 Å². The van der Waals surface area contributed by atoms with Crippen molar-refractivity contribution in [3.05, 3.63) is 83.3 Å². The SMILES string of the molecule is C=C(C)C(=O)OC(CC)C(F)(F)C(=O)OCCC(C)C(F)(F)F.C=C(C)C(=O)OC(CC)C(F)(F)C(=O)OCCCC(C)(F)C(F)(F)F.C=C(C)C(=O)OC(CC)C(F)(F)C(=O)OCc1c(F)c(F)c(F)c(F)c1F.C=C(C)C(=O)OCC(=O)OCC(F)(F)F. The van der Waals surface area contributed by atoms with Crippen LogP contribution in [-0.2, 0) is 82.9 Å². The predicted octanol–water partition coefficient (Wildman–Crippen LogP) is 13.0. The third-order valence-corrected chi connectivity index (χ3v) is 10.6. The van der Waals surface area contributed by atoms with Gasteiger partial charge >= 0.3 is 84.1 Å². The Bertz CT molecular complexity index is 2650. The summed E-state index contributed by atoms with van der Waals surface area (Å²) in [6.07, 6.45) is -24.4. The number of carbonyl (C=O) groups is 8. The highest BCUT2D eigenvalue weighted by Crippen LogP contribution is 2.38. The molecule has 90 heavy (non-hydrogen) atoms. The Morgan fingerprint density at radius 1 is 0.456 bits per heavy atom. The molecule has 1 aromatic rings. The Morgan fingerprint density at radius 3 is 1.08 bits per heavy atom. The van der Waals surface area contributed by atoms with E-state index in [-0.39, 0.29) is 28.7 Å². The fourth-order valence-corrected chi connectivity index (χ4v) is 5.18. The Hall–Kier alpha value is -7.53. The van der Waals surface area contributed by atoms with Crippen LogP contribution in [0.4, 0.5) is 92.2 Å². The minimum Gasteiger partial charge on any atom is -0.461 e. The molecule has 0 amide bonds. The smallest absolute Gasteiger partial charge is 0.422 e. The van der Waals surface area contributed by atoms with Gasteiger partial charge in [0.25, 0.3) is 0 Å². The summed E-state index contributed by atoms with van der Waals surface area (Å²) in [6.45, 7) is 16.7. The third kappa shape index (κ3) is 29.4. The summed E-state index contributed by atoms with van der Waals surface area (Å²) in [7, 11) is 0. The minimum atomic E-state index is -5.12. The Kier molecular flexibility index (Phi) is 35.6. The maximum absolute atomic E-state index is 14.1. The van der Waals surface area contributed by atoms with Crippen LogP contribution in [0.3, 0.4) is 0 Å². The number of rotatable bonds is 28. The lowest BCUT2D eigenvalue weighted by Crippen LogP contribution is -2.45. The largest absolute Gasteiger partial charge is 0.461 e. The molecule has 0 aromatic heterocycles. The molecule has 0 spiro atoms. The van der Waals surface area contributed by atoms with Crippen LogP contribution in [0.5, 0.6) is 0 Å². The van der Waals surface area contributed by atoms with Gasteiger partial charge in [-0.15, -0.1) is 0 Å². The van der Waals surface area contributed by atoms with Crippen LogP contribution >= 0.6 is 0 Å². The Balaban J connectivity index is -0.00000114. The van der Waals surface area contributed by atoms with Crippen LogP contribution in [0, 0.1) is 35.0 Å². The number of hydrogen-bond donors (Lipinski definition) is 0. The number of benzene rings is 1. The summed E-state index contributed by atoms with van der Waals surface area (Å²) in [6, 6.07) is 0. The van der Waals surface area contributed by atoms with Crippen molar-refractivity contribution in [3.63, 3.8) is 0 Å². The lowest BCUT2D eigenvalue weighted by Gasteiger charge is -2.25. The number of carbonyl (C=O) groups excluding carboxylic acids is 8. The number of halogens is 21. The number of hydrogen-bond acceptors (Lipinski definition) is 16. The van der Waals surface area contributed by atoms with Gasteiger partial charge in [0.1, 0.15) is 6.61 Å². The van der Waals surface area contributed by atoms with Crippen molar-refractivity contribution in [2.75, 3.05) is 26.4 Å². The maximum atomic E-state index is 14.1. The lowest BCUT2D eigenvalue weighted by atomic mass is 10.0. The third-order valence-electron chi connectivity index (χ3n) is 10.6. The van der Waals surface area contributed by atoms with Gasteiger partial charge in [0.05, 0.1) is 24.7 Å². The molecular formula is C53H61F21O16. The van der Waals surface area contributed by atoms with Crippen molar-refractivity contribution in [2.24, 2.45) is 5.92 Å². The molecule has 0 aliphatic carbocycles. The van der Waals surface area contributed by atoms with E-state index in [9.17, 15) is 131 Å². The summed E-state index contributed by atoms with van der Waals surface area (Å²) in [5, 5.41) is 0. The molecule has 0 bridgehead atoms. The van der Waals surface area contributed by atoms with Crippen molar-refractivity contribution in [1.82, 2.24) is 0 Å². The quantitative estimate of drug-likeness (QED) is 0.0145. The van der Waals surface area contributed by atoms with Gasteiger partial charge in [-0.25, -0.2) is 64.7 Å². The first kappa shape index (κ1) is 86.7. The molecule has 0 fully saturated rings. The van der Waals surface area contributed by atoms with Gasteiger partial charge in [-0.3, -0.25) is 0 Å². The molecule has 37 heteroatoms. The number of ether oxygens (including phenoxy) is 8. The standard InChI is InChI=1S/C16H13F7O4.C15H20F6O4.C14H19F5O4.C8H9F3O4/c1-4-8(27-14(24)6(2)3)16(22,23)15(25)26-5-7-9(17)11(19)13(21)12(20)10(7)18;1-5-10(25-11(22)9(2)3)14(17,18)12(23)24-8-6-7-13(4,16)15(19,20)21;1-5-10(23-11(20)8(2)3)13(15,16)12(21)22-7-6-9(4)14(17,18)19;1-5(2)7(13)14-3-6(12)15-4-8(9,10)11/h8H,2,4-5H2,1,3H3;10H,2,5-8H2,1,3-4H3;9-10H,2,5-7H2,1,3-4H3;1,3-4H2,2H3. The second kappa shape index (κ2) is 37.0. The van der Waals surface area contributed by atoms with Crippen molar-refractivity contribution < 1.29 is 168 Å². The summed E-state index contributed by atoms with van der Waals surface area (Å²) >= 11 is 0. The average molecular weight is 1350 g/mol. The molecule has 0 saturated carbocycles. The Morgan fingerprint density at radius 2 is 0.778 bits per heavy atom. The molecule has 16 nitrogen and oxygen atoms in total. The molecule has 0 aliphatic heterocycles. The van der Waals surface area contributed by atoms with E-state index < -0.39 is 214 Å². The molecule has 0 aliphatic rings. The van der Waals surface area contributed by atoms with E-state index in [1.165, 1.54) is 34.6 Å². The van der Waals surface area contributed by atoms with Gasteiger partial charge < -0.3 is 37.9 Å². The monoisotopic (exact) mass is 1350 g/mol. The number of esters is 8. The first-order chi connectivity index (χ1) is 40.6. The molecule has 1 aromatic carbocycles. The highest BCUT2D eigenvalue weighted by atomic mass is 19.4. The zero-order valence-corrected chi connectivity index (χ0v) is 48.9. The first-order valence-corrected chi connectivity index (χ1v) is 25.2. The lowest BCUT2D eigenvalue weighted by molar-refractivity contribution is -0.227. The molecule has 516 valence electrons. The zero-order valence-electron chi connectivity index (χ0n) is 48.9. The molecule has 1 rings (SSSR count). The van der Waals surface area contributed by atoms with Crippen molar-refractivity contribution in [3.8, 4) is 0 Å².